The summed E-state index contributed by atoms with van der Waals surface area (Å²) < 4.78 is 0. The van der Waals surface area contributed by atoms with Crippen LogP contribution in [0, 0.1) is 5.92 Å². The highest BCUT2D eigenvalue weighted by atomic mass is 16.3. The first-order valence-electron chi connectivity index (χ1n) is 6.62. The molecule has 1 saturated carbocycles. The van der Waals surface area contributed by atoms with Gasteiger partial charge in [-0.1, -0.05) is 31.7 Å². The second-order valence-electron chi connectivity index (χ2n) is 5.06. The second kappa shape index (κ2) is 5.96. The summed E-state index contributed by atoms with van der Waals surface area (Å²) in [6, 6.07) is 3.01. The number of hydrogen-bond donors (Lipinski definition) is 4. The van der Waals surface area contributed by atoms with Crippen LogP contribution in [0.5, 0.6) is 17.2 Å². The molecule has 18 heavy (non-hydrogen) atoms. The zero-order chi connectivity index (χ0) is 13.0. The monoisotopic (exact) mass is 251 g/mol. The smallest absolute Gasteiger partial charge is 0.200 e. The number of hydrogen-bond acceptors (Lipinski definition) is 4. The molecule has 4 nitrogen and oxygen atoms in total. The third kappa shape index (κ3) is 3.07. The maximum absolute atomic E-state index is 9.64. The highest BCUT2D eigenvalue weighted by Crippen LogP contribution is 2.36. The van der Waals surface area contributed by atoms with Gasteiger partial charge in [0, 0.05) is 12.1 Å². The molecule has 4 heteroatoms. The SMILES string of the molecule is Oc1ccc(CNCCC2CCCC2)c(O)c1O. The maximum atomic E-state index is 9.64. The number of rotatable bonds is 5. The highest BCUT2D eigenvalue weighted by Gasteiger charge is 2.14. The Morgan fingerprint density at radius 1 is 1.06 bits per heavy atom. The number of nitrogens with one attached hydrogen (secondary N) is 1. The van der Waals surface area contributed by atoms with E-state index in [9.17, 15) is 15.3 Å². The summed E-state index contributed by atoms with van der Waals surface area (Å²) in [5.41, 5.74) is 0.608. The van der Waals surface area contributed by atoms with Gasteiger partial charge in [-0.05, 0) is 24.9 Å². The van der Waals surface area contributed by atoms with Gasteiger partial charge in [0.05, 0.1) is 0 Å². The fourth-order valence-corrected chi connectivity index (χ4v) is 2.58. The molecule has 0 spiro atoms. The van der Waals surface area contributed by atoms with Crippen LogP contribution in [-0.2, 0) is 6.54 Å². The standard InChI is InChI=1S/C14H21NO3/c16-12-6-5-11(13(17)14(12)18)9-15-8-7-10-3-1-2-4-10/h5-6,10,15-18H,1-4,7-9H2. The fraction of sp³-hybridized carbons (Fsp3) is 0.571. The Labute approximate surface area is 107 Å². The first-order valence-corrected chi connectivity index (χ1v) is 6.62. The van der Waals surface area contributed by atoms with Crippen molar-refractivity contribution in [2.45, 2.75) is 38.6 Å². The van der Waals surface area contributed by atoms with E-state index < -0.39 is 5.75 Å². The third-order valence-corrected chi connectivity index (χ3v) is 3.73. The van der Waals surface area contributed by atoms with Gasteiger partial charge in [0.1, 0.15) is 0 Å². The number of aromatic hydroxyl groups is 3. The summed E-state index contributed by atoms with van der Waals surface area (Å²) in [6.07, 6.45) is 6.57. The fourth-order valence-electron chi connectivity index (χ4n) is 2.58. The van der Waals surface area contributed by atoms with Crippen LogP contribution in [0.25, 0.3) is 0 Å². The second-order valence-corrected chi connectivity index (χ2v) is 5.06. The van der Waals surface area contributed by atoms with E-state index >= 15 is 0 Å². The van der Waals surface area contributed by atoms with Crippen LogP contribution in [0.4, 0.5) is 0 Å². The summed E-state index contributed by atoms with van der Waals surface area (Å²) in [4.78, 5) is 0. The Kier molecular flexibility index (Phi) is 4.31. The minimum Gasteiger partial charge on any atom is -0.504 e. The van der Waals surface area contributed by atoms with Gasteiger partial charge in [-0.2, -0.15) is 0 Å². The lowest BCUT2D eigenvalue weighted by Gasteiger charge is -2.11. The number of benzene rings is 1. The van der Waals surface area contributed by atoms with Gasteiger partial charge in [-0.3, -0.25) is 0 Å². The van der Waals surface area contributed by atoms with E-state index in [4.69, 9.17) is 0 Å². The van der Waals surface area contributed by atoms with E-state index in [0.717, 1.165) is 12.5 Å². The van der Waals surface area contributed by atoms with Crippen molar-refractivity contribution in [3.63, 3.8) is 0 Å². The summed E-state index contributed by atoms with van der Waals surface area (Å²) in [7, 11) is 0. The zero-order valence-electron chi connectivity index (χ0n) is 10.5. The molecule has 0 aliphatic heterocycles. The summed E-state index contributed by atoms with van der Waals surface area (Å²) >= 11 is 0. The van der Waals surface area contributed by atoms with Crippen LogP contribution in [0.15, 0.2) is 12.1 Å². The Morgan fingerprint density at radius 3 is 2.50 bits per heavy atom. The van der Waals surface area contributed by atoms with Crippen molar-refractivity contribution in [3.05, 3.63) is 17.7 Å². The van der Waals surface area contributed by atoms with Gasteiger partial charge in [-0.15, -0.1) is 0 Å². The molecule has 0 saturated heterocycles. The first-order chi connectivity index (χ1) is 8.68. The van der Waals surface area contributed by atoms with Gasteiger partial charge in [0.15, 0.2) is 11.5 Å². The van der Waals surface area contributed by atoms with Crippen LogP contribution in [-0.4, -0.2) is 21.9 Å². The topological polar surface area (TPSA) is 72.7 Å². The van der Waals surface area contributed by atoms with E-state index in [1.165, 1.54) is 38.2 Å². The minimum absolute atomic E-state index is 0.233. The van der Waals surface area contributed by atoms with Crippen LogP contribution in [0.1, 0.15) is 37.7 Å². The van der Waals surface area contributed by atoms with Crippen molar-refractivity contribution in [1.29, 1.82) is 0 Å². The van der Waals surface area contributed by atoms with Crippen LogP contribution in [0.2, 0.25) is 0 Å². The first kappa shape index (κ1) is 13.0. The quantitative estimate of drug-likeness (QED) is 0.479. The molecule has 1 aromatic carbocycles. The van der Waals surface area contributed by atoms with Crippen molar-refractivity contribution in [1.82, 2.24) is 5.32 Å². The number of phenolic OH excluding ortho intramolecular Hbond substituents is 3. The van der Waals surface area contributed by atoms with E-state index in [2.05, 4.69) is 5.32 Å². The Balaban J connectivity index is 1.77. The predicted octanol–water partition coefficient (Wildman–Crippen LogP) is 2.47. The van der Waals surface area contributed by atoms with Gasteiger partial charge in [0.2, 0.25) is 5.75 Å². The van der Waals surface area contributed by atoms with Crippen LogP contribution >= 0.6 is 0 Å². The zero-order valence-corrected chi connectivity index (χ0v) is 10.5. The average Bonchev–Trinajstić information content (AvgIpc) is 2.87. The van der Waals surface area contributed by atoms with E-state index in [0.29, 0.717) is 12.1 Å². The summed E-state index contributed by atoms with van der Waals surface area (Å²) in [5, 5.41) is 31.5. The highest BCUT2D eigenvalue weighted by molar-refractivity contribution is 5.52. The molecule has 0 radical (unpaired) electrons. The molecule has 0 heterocycles. The predicted molar refractivity (Wildman–Crippen MR) is 69.7 cm³/mol. The molecule has 1 aromatic rings. The lowest BCUT2D eigenvalue weighted by molar-refractivity contribution is 0.363. The third-order valence-electron chi connectivity index (χ3n) is 3.73. The molecule has 1 fully saturated rings. The molecular formula is C14H21NO3. The van der Waals surface area contributed by atoms with Crippen molar-refractivity contribution in [2.24, 2.45) is 5.92 Å². The van der Waals surface area contributed by atoms with E-state index in [-0.39, 0.29) is 11.5 Å². The summed E-state index contributed by atoms with van der Waals surface area (Å²) in [6.45, 7) is 1.43. The van der Waals surface area contributed by atoms with Crippen molar-refractivity contribution < 1.29 is 15.3 Å². The van der Waals surface area contributed by atoms with Crippen molar-refractivity contribution in [2.75, 3.05) is 6.54 Å². The molecule has 0 atom stereocenters. The van der Waals surface area contributed by atoms with Crippen molar-refractivity contribution in [3.8, 4) is 17.2 Å². The molecule has 100 valence electrons. The summed E-state index contributed by atoms with van der Waals surface area (Å²) in [5.74, 6) is -0.116. The molecular weight excluding hydrogens is 230 g/mol. The molecule has 1 aliphatic carbocycles. The molecule has 1 aliphatic rings. The maximum Gasteiger partial charge on any atom is 0.200 e. The Bertz CT molecular complexity index is 400. The lowest BCUT2D eigenvalue weighted by Crippen LogP contribution is -2.17. The Morgan fingerprint density at radius 2 is 1.78 bits per heavy atom. The minimum atomic E-state index is -0.440. The molecule has 0 aromatic heterocycles. The molecule has 4 N–H and O–H groups in total. The van der Waals surface area contributed by atoms with Gasteiger partial charge in [-0.25, -0.2) is 0 Å². The number of phenols is 3. The Hall–Kier alpha value is -1.42. The molecule has 0 amide bonds. The van der Waals surface area contributed by atoms with Gasteiger partial charge >= 0.3 is 0 Å². The van der Waals surface area contributed by atoms with E-state index in [1.807, 2.05) is 0 Å². The van der Waals surface area contributed by atoms with Gasteiger partial charge in [0.25, 0.3) is 0 Å². The lowest BCUT2D eigenvalue weighted by atomic mass is 10.0. The van der Waals surface area contributed by atoms with Gasteiger partial charge < -0.3 is 20.6 Å². The van der Waals surface area contributed by atoms with Crippen molar-refractivity contribution >= 4 is 0 Å². The molecule has 0 unspecified atom stereocenters. The largest absolute Gasteiger partial charge is 0.504 e. The normalized spacial score (nSPS) is 16.2. The molecule has 0 bridgehead atoms. The van der Waals surface area contributed by atoms with E-state index in [1.54, 1.807) is 6.07 Å². The van der Waals surface area contributed by atoms with Crippen LogP contribution in [0.3, 0.4) is 0 Å². The average molecular weight is 251 g/mol. The van der Waals surface area contributed by atoms with Crippen LogP contribution < -0.4 is 5.32 Å². The molecule has 2 rings (SSSR count).